The quantitative estimate of drug-likeness (QED) is 0.773. The Bertz CT molecular complexity index is 919. The lowest BCUT2D eigenvalue weighted by Crippen LogP contribution is -2.22. The fourth-order valence-corrected chi connectivity index (χ4v) is 3.45. The summed E-state index contributed by atoms with van der Waals surface area (Å²) in [6.45, 7) is 3.73. The van der Waals surface area contributed by atoms with E-state index in [1.54, 1.807) is 6.07 Å². The van der Waals surface area contributed by atoms with Crippen molar-refractivity contribution in [3.63, 3.8) is 0 Å². The average Bonchev–Trinajstić information content (AvgIpc) is 3.20. The standard InChI is InChI=1S/C20H22FN3O/c1-13(14-6-7-18-15(12-14)9-11-25-18)22-10-8-19-23-20-16(21)4-3-5-17(20)24(19)2/h3-7,12-13,22H,8-11H2,1-2H3. The zero-order chi connectivity index (χ0) is 17.4. The van der Waals surface area contributed by atoms with Crippen LogP contribution in [0.3, 0.4) is 0 Å². The van der Waals surface area contributed by atoms with Crippen molar-refractivity contribution in [1.29, 1.82) is 0 Å². The number of hydrogen-bond donors (Lipinski definition) is 1. The van der Waals surface area contributed by atoms with Crippen LogP contribution in [0.4, 0.5) is 4.39 Å². The average molecular weight is 339 g/mol. The molecule has 4 nitrogen and oxygen atoms in total. The number of hydrogen-bond acceptors (Lipinski definition) is 3. The number of aryl methyl sites for hydroxylation is 1. The van der Waals surface area contributed by atoms with E-state index < -0.39 is 0 Å². The molecule has 5 heteroatoms. The van der Waals surface area contributed by atoms with Gasteiger partial charge in [-0.25, -0.2) is 9.37 Å². The van der Waals surface area contributed by atoms with E-state index in [4.69, 9.17) is 4.74 Å². The first-order valence-corrected chi connectivity index (χ1v) is 8.72. The minimum atomic E-state index is -0.263. The van der Waals surface area contributed by atoms with Crippen LogP contribution in [-0.4, -0.2) is 22.7 Å². The van der Waals surface area contributed by atoms with Crippen molar-refractivity contribution < 1.29 is 9.13 Å². The van der Waals surface area contributed by atoms with Crippen LogP contribution < -0.4 is 10.1 Å². The number of imidazole rings is 1. The Hall–Kier alpha value is -2.40. The largest absolute Gasteiger partial charge is 0.493 e. The molecule has 0 amide bonds. The highest BCUT2D eigenvalue weighted by molar-refractivity contribution is 5.76. The first kappa shape index (κ1) is 16.1. The Morgan fingerprint density at radius 3 is 3.04 bits per heavy atom. The highest BCUT2D eigenvalue weighted by Gasteiger charge is 2.15. The third-order valence-electron chi connectivity index (χ3n) is 4.97. The monoisotopic (exact) mass is 339 g/mol. The summed E-state index contributed by atoms with van der Waals surface area (Å²) in [5.41, 5.74) is 3.84. The summed E-state index contributed by atoms with van der Waals surface area (Å²) in [6, 6.07) is 11.7. The predicted molar refractivity (Wildman–Crippen MR) is 96.4 cm³/mol. The van der Waals surface area contributed by atoms with E-state index >= 15 is 0 Å². The van der Waals surface area contributed by atoms with Crippen molar-refractivity contribution >= 4 is 11.0 Å². The number of benzene rings is 2. The number of fused-ring (bicyclic) bond motifs is 2. The number of halogens is 1. The maximum absolute atomic E-state index is 13.9. The molecular formula is C20H22FN3O. The van der Waals surface area contributed by atoms with Gasteiger partial charge >= 0.3 is 0 Å². The van der Waals surface area contributed by atoms with Crippen molar-refractivity contribution in [2.24, 2.45) is 7.05 Å². The molecule has 0 bridgehead atoms. The van der Waals surface area contributed by atoms with E-state index in [0.717, 1.165) is 43.1 Å². The minimum Gasteiger partial charge on any atom is -0.493 e. The molecule has 0 aliphatic carbocycles. The zero-order valence-electron chi connectivity index (χ0n) is 14.6. The molecule has 1 aromatic heterocycles. The fraction of sp³-hybridized carbons (Fsp3) is 0.350. The molecule has 0 radical (unpaired) electrons. The van der Waals surface area contributed by atoms with E-state index in [1.807, 2.05) is 17.7 Å². The topological polar surface area (TPSA) is 39.1 Å². The van der Waals surface area contributed by atoms with Crippen molar-refractivity contribution in [2.75, 3.05) is 13.2 Å². The summed E-state index contributed by atoms with van der Waals surface area (Å²) in [5.74, 6) is 1.64. The summed E-state index contributed by atoms with van der Waals surface area (Å²) < 4.78 is 21.4. The van der Waals surface area contributed by atoms with E-state index in [9.17, 15) is 4.39 Å². The van der Waals surface area contributed by atoms with Gasteiger partial charge in [-0.2, -0.15) is 0 Å². The van der Waals surface area contributed by atoms with Gasteiger partial charge in [-0.3, -0.25) is 0 Å². The van der Waals surface area contributed by atoms with Gasteiger partial charge in [0, 0.05) is 32.5 Å². The summed E-state index contributed by atoms with van der Waals surface area (Å²) in [5, 5.41) is 3.54. The maximum atomic E-state index is 13.9. The summed E-state index contributed by atoms with van der Waals surface area (Å²) in [4.78, 5) is 4.46. The van der Waals surface area contributed by atoms with Crippen LogP contribution >= 0.6 is 0 Å². The van der Waals surface area contributed by atoms with Crippen LogP contribution in [0, 0.1) is 5.82 Å². The Kier molecular flexibility index (Phi) is 4.17. The van der Waals surface area contributed by atoms with E-state index in [1.165, 1.54) is 17.2 Å². The third-order valence-corrected chi connectivity index (χ3v) is 4.97. The normalized spacial score (nSPS) is 14.5. The Morgan fingerprint density at radius 1 is 1.32 bits per heavy atom. The Balaban J connectivity index is 1.42. The SMILES string of the molecule is CC(NCCc1nc2c(F)cccc2n1C)c1ccc2c(c1)CCO2. The molecular weight excluding hydrogens is 317 g/mol. The molecule has 130 valence electrons. The third kappa shape index (κ3) is 3.00. The number of ether oxygens (including phenoxy) is 1. The van der Waals surface area contributed by atoms with Crippen LogP contribution in [0.2, 0.25) is 0 Å². The molecule has 1 aliphatic rings. The van der Waals surface area contributed by atoms with Gasteiger partial charge in [-0.05, 0) is 36.2 Å². The molecule has 1 aliphatic heterocycles. The molecule has 0 fully saturated rings. The Labute approximate surface area is 146 Å². The summed E-state index contributed by atoms with van der Waals surface area (Å²) in [6.07, 6.45) is 1.74. The number of rotatable bonds is 5. The Morgan fingerprint density at radius 2 is 2.20 bits per heavy atom. The molecule has 2 aromatic carbocycles. The van der Waals surface area contributed by atoms with Crippen molar-refractivity contribution in [3.8, 4) is 5.75 Å². The predicted octanol–water partition coefficient (Wildman–Crippen LogP) is 3.54. The van der Waals surface area contributed by atoms with Gasteiger partial charge in [0.15, 0.2) is 5.82 Å². The second kappa shape index (κ2) is 6.48. The smallest absolute Gasteiger partial charge is 0.151 e. The molecule has 0 saturated carbocycles. The molecule has 0 saturated heterocycles. The number of para-hydroxylation sites is 1. The van der Waals surface area contributed by atoms with Crippen molar-refractivity contribution in [1.82, 2.24) is 14.9 Å². The highest BCUT2D eigenvalue weighted by Crippen LogP contribution is 2.28. The number of aromatic nitrogens is 2. The minimum absolute atomic E-state index is 0.248. The van der Waals surface area contributed by atoms with Gasteiger partial charge in [0.25, 0.3) is 0 Å². The first-order chi connectivity index (χ1) is 12.1. The first-order valence-electron chi connectivity index (χ1n) is 8.72. The molecule has 25 heavy (non-hydrogen) atoms. The van der Waals surface area contributed by atoms with Crippen LogP contribution in [0.1, 0.15) is 29.9 Å². The molecule has 3 aromatic rings. The van der Waals surface area contributed by atoms with E-state index in [2.05, 4.69) is 35.4 Å². The lowest BCUT2D eigenvalue weighted by molar-refractivity contribution is 0.356. The van der Waals surface area contributed by atoms with Gasteiger partial charge < -0.3 is 14.6 Å². The lowest BCUT2D eigenvalue weighted by Gasteiger charge is -2.15. The molecule has 4 rings (SSSR count). The van der Waals surface area contributed by atoms with Gasteiger partial charge in [0.05, 0.1) is 12.1 Å². The van der Waals surface area contributed by atoms with E-state index in [-0.39, 0.29) is 11.9 Å². The zero-order valence-corrected chi connectivity index (χ0v) is 14.6. The van der Waals surface area contributed by atoms with Gasteiger partial charge in [0.2, 0.25) is 0 Å². The lowest BCUT2D eigenvalue weighted by atomic mass is 10.0. The maximum Gasteiger partial charge on any atom is 0.151 e. The molecule has 1 atom stereocenters. The number of nitrogens with one attached hydrogen (secondary N) is 1. The van der Waals surface area contributed by atoms with Crippen molar-refractivity contribution in [2.45, 2.75) is 25.8 Å². The van der Waals surface area contributed by atoms with Gasteiger partial charge in [0.1, 0.15) is 17.1 Å². The summed E-state index contributed by atoms with van der Waals surface area (Å²) in [7, 11) is 1.94. The molecule has 2 heterocycles. The van der Waals surface area contributed by atoms with Crippen molar-refractivity contribution in [3.05, 3.63) is 59.2 Å². The fourth-order valence-electron chi connectivity index (χ4n) is 3.45. The second-order valence-electron chi connectivity index (χ2n) is 6.59. The molecule has 0 spiro atoms. The highest BCUT2D eigenvalue weighted by atomic mass is 19.1. The van der Waals surface area contributed by atoms with E-state index in [0.29, 0.717) is 5.52 Å². The van der Waals surface area contributed by atoms with Gasteiger partial charge in [-0.1, -0.05) is 18.2 Å². The summed E-state index contributed by atoms with van der Waals surface area (Å²) >= 11 is 0. The molecule has 1 unspecified atom stereocenters. The van der Waals surface area contributed by atoms with Crippen LogP contribution in [0.25, 0.3) is 11.0 Å². The number of nitrogens with zero attached hydrogens (tertiary/aromatic N) is 2. The van der Waals surface area contributed by atoms with Gasteiger partial charge in [-0.15, -0.1) is 0 Å². The van der Waals surface area contributed by atoms with Crippen LogP contribution in [-0.2, 0) is 19.9 Å². The van der Waals surface area contributed by atoms with Crippen LogP contribution in [0.5, 0.6) is 5.75 Å². The molecule has 1 N–H and O–H groups in total. The second-order valence-corrected chi connectivity index (χ2v) is 6.59. The van der Waals surface area contributed by atoms with Crippen LogP contribution in [0.15, 0.2) is 36.4 Å².